The number of anilines is 1. The van der Waals surface area contributed by atoms with Crippen molar-refractivity contribution in [3.05, 3.63) is 29.8 Å². The molecule has 0 bridgehead atoms. The summed E-state index contributed by atoms with van der Waals surface area (Å²) in [4.78, 5) is 36.5. The van der Waals surface area contributed by atoms with Crippen molar-refractivity contribution in [1.29, 1.82) is 5.26 Å². The lowest BCUT2D eigenvalue weighted by atomic mass is 9.88. The maximum Gasteiger partial charge on any atom is 0.335 e. The Bertz CT molecular complexity index is 628. The Kier molecular flexibility index (Phi) is 2.83. The molecule has 0 radical (unpaired) electrons. The van der Waals surface area contributed by atoms with Gasteiger partial charge < -0.3 is 0 Å². The monoisotopic (exact) mass is 257 g/mol. The summed E-state index contributed by atoms with van der Waals surface area (Å²) in [6, 6.07) is 7.21. The van der Waals surface area contributed by atoms with E-state index in [1.807, 2.05) is 6.07 Å². The molecule has 0 aromatic heterocycles. The maximum atomic E-state index is 12.2. The van der Waals surface area contributed by atoms with E-state index >= 15 is 0 Å². The van der Waals surface area contributed by atoms with E-state index in [9.17, 15) is 14.4 Å². The average molecular weight is 257 g/mol. The van der Waals surface area contributed by atoms with Gasteiger partial charge in [0, 0.05) is 0 Å². The van der Waals surface area contributed by atoms with Crippen molar-refractivity contribution in [3.63, 3.8) is 0 Å². The predicted octanol–water partition coefficient (Wildman–Crippen LogP) is 1.17. The third-order valence-corrected chi connectivity index (χ3v) is 2.96. The minimum Gasteiger partial charge on any atom is -0.276 e. The van der Waals surface area contributed by atoms with Gasteiger partial charge in [-0.1, -0.05) is 6.07 Å². The second-order valence-corrected chi connectivity index (χ2v) is 4.69. The number of nitrogens with one attached hydrogen (secondary N) is 1. The topological polar surface area (TPSA) is 90.3 Å². The summed E-state index contributed by atoms with van der Waals surface area (Å²) in [5.41, 5.74) is -0.730. The van der Waals surface area contributed by atoms with Gasteiger partial charge in [-0.05, 0) is 32.0 Å². The fraction of sp³-hybridized carbons (Fsp3) is 0.231. The van der Waals surface area contributed by atoms with Gasteiger partial charge in [-0.15, -0.1) is 0 Å². The molecule has 0 saturated carbocycles. The second-order valence-electron chi connectivity index (χ2n) is 4.69. The first-order valence-electron chi connectivity index (χ1n) is 5.58. The van der Waals surface area contributed by atoms with Crippen molar-refractivity contribution >= 4 is 23.5 Å². The summed E-state index contributed by atoms with van der Waals surface area (Å²) in [5.74, 6) is -1.24. The molecule has 6 nitrogen and oxygen atoms in total. The zero-order valence-corrected chi connectivity index (χ0v) is 10.4. The summed E-state index contributed by atoms with van der Waals surface area (Å²) in [7, 11) is 0. The van der Waals surface area contributed by atoms with Gasteiger partial charge in [0.25, 0.3) is 0 Å². The minimum absolute atomic E-state index is 0.266. The maximum absolute atomic E-state index is 12.2. The van der Waals surface area contributed by atoms with Crippen molar-refractivity contribution in [1.82, 2.24) is 5.32 Å². The molecular weight excluding hydrogens is 246 g/mol. The first kappa shape index (κ1) is 12.8. The van der Waals surface area contributed by atoms with Crippen LogP contribution >= 0.6 is 0 Å². The molecular formula is C13H11N3O3. The van der Waals surface area contributed by atoms with Crippen molar-refractivity contribution in [2.24, 2.45) is 5.41 Å². The quantitative estimate of drug-likeness (QED) is 0.764. The smallest absolute Gasteiger partial charge is 0.276 e. The molecule has 1 saturated heterocycles. The van der Waals surface area contributed by atoms with E-state index < -0.39 is 23.3 Å². The highest BCUT2D eigenvalue weighted by Crippen LogP contribution is 2.28. The van der Waals surface area contributed by atoms with Crippen LogP contribution in [0.25, 0.3) is 0 Å². The second kappa shape index (κ2) is 4.21. The standard InChI is InChI=1S/C13H11N3O3/c1-13(2)10(17)15-12(19)16(11(13)18)9-5-3-4-8(6-9)7-14/h3-6H,1-2H3,(H,15,17,19). The summed E-state index contributed by atoms with van der Waals surface area (Å²) in [6.07, 6.45) is 0. The lowest BCUT2D eigenvalue weighted by Crippen LogP contribution is -2.62. The largest absolute Gasteiger partial charge is 0.335 e. The molecule has 1 aromatic carbocycles. The number of nitrogens with zero attached hydrogens (tertiary/aromatic N) is 2. The van der Waals surface area contributed by atoms with Gasteiger partial charge in [0.1, 0.15) is 5.41 Å². The summed E-state index contributed by atoms with van der Waals surface area (Å²) in [6.45, 7) is 2.89. The van der Waals surface area contributed by atoms with Crippen LogP contribution in [0.2, 0.25) is 0 Å². The third-order valence-electron chi connectivity index (χ3n) is 2.96. The molecule has 0 atom stereocenters. The molecule has 1 N–H and O–H groups in total. The molecule has 6 heteroatoms. The Morgan fingerprint density at radius 2 is 1.95 bits per heavy atom. The average Bonchev–Trinajstić information content (AvgIpc) is 2.37. The number of carbonyl (C=O) groups excluding carboxylic acids is 3. The Balaban J connectivity index is 2.49. The lowest BCUT2D eigenvalue weighted by Gasteiger charge is -2.34. The fourth-order valence-electron chi connectivity index (χ4n) is 1.73. The first-order chi connectivity index (χ1) is 8.87. The highest BCUT2D eigenvalue weighted by Gasteiger charge is 2.47. The van der Waals surface area contributed by atoms with Gasteiger partial charge in [0.15, 0.2) is 0 Å². The Labute approximate surface area is 109 Å². The van der Waals surface area contributed by atoms with Crippen molar-refractivity contribution in [2.45, 2.75) is 13.8 Å². The number of barbiturate groups is 1. The molecule has 1 fully saturated rings. The SMILES string of the molecule is CC1(C)C(=O)NC(=O)N(c2cccc(C#N)c2)C1=O. The van der Waals surface area contributed by atoms with E-state index in [0.29, 0.717) is 5.56 Å². The van der Waals surface area contributed by atoms with E-state index in [4.69, 9.17) is 5.26 Å². The molecule has 19 heavy (non-hydrogen) atoms. The van der Waals surface area contributed by atoms with Crippen molar-refractivity contribution in [3.8, 4) is 6.07 Å². The third kappa shape index (κ3) is 1.95. The molecule has 1 heterocycles. The summed E-state index contributed by atoms with van der Waals surface area (Å²) < 4.78 is 0. The molecule has 2 rings (SSSR count). The van der Waals surface area contributed by atoms with Crippen LogP contribution in [-0.2, 0) is 9.59 Å². The molecule has 0 aliphatic carbocycles. The number of urea groups is 1. The van der Waals surface area contributed by atoms with Gasteiger partial charge in [-0.25, -0.2) is 9.69 Å². The normalized spacial score (nSPS) is 17.9. The Morgan fingerprint density at radius 3 is 2.58 bits per heavy atom. The Morgan fingerprint density at radius 1 is 1.26 bits per heavy atom. The summed E-state index contributed by atoms with van der Waals surface area (Å²) >= 11 is 0. The number of benzene rings is 1. The van der Waals surface area contributed by atoms with E-state index in [1.165, 1.54) is 26.0 Å². The highest BCUT2D eigenvalue weighted by molar-refractivity contribution is 6.29. The van der Waals surface area contributed by atoms with Crippen LogP contribution in [0.1, 0.15) is 19.4 Å². The van der Waals surface area contributed by atoms with E-state index in [0.717, 1.165) is 4.90 Å². The van der Waals surface area contributed by atoms with Crippen molar-refractivity contribution in [2.75, 3.05) is 4.90 Å². The van der Waals surface area contributed by atoms with Gasteiger partial charge in [-0.2, -0.15) is 5.26 Å². The number of nitriles is 1. The molecule has 1 aromatic rings. The van der Waals surface area contributed by atoms with Crippen LogP contribution < -0.4 is 10.2 Å². The Hall–Kier alpha value is -2.68. The van der Waals surface area contributed by atoms with E-state index in [-0.39, 0.29) is 5.69 Å². The van der Waals surface area contributed by atoms with E-state index in [2.05, 4.69) is 5.32 Å². The fourth-order valence-corrected chi connectivity index (χ4v) is 1.73. The van der Waals surface area contributed by atoms with Gasteiger partial charge >= 0.3 is 6.03 Å². The number of hydrogen-bond acceptors (Lipinski definition) is 4. The zero-order valence-electron chi connectivity index (χ0n) is 10.4. The van der Waals surface area contributed by atoms with Gasteiger partial charge in [0.2, 0.25) is 11.8 Å². The van der Waals surface area contributed by atoms with Crippen molar-refractivity contribution < 1.29 is 14.4 Å². The number of carbonyl (C=O) groups is 3. The van der Waals surface area contributed by atoms with Crippen LogP contribution in [0.15, 0.2) is 24.3 Å². The number of rotatable bonds is 1. The predicted molar refractivity (Wildman–Crippen MR) is 66.0 cm³/mol. The van der Waals surface area contributed by atoms with Gasteiger partial charge in [-0.3, -0.25) is 14.9 Å². The van der Waals surface area contributed by atoms with Crippen LogP contribution in [0.5, 0.6) is 0 Å². The number of hydrogen-bond donors (Lipinski definition) is 1. The van der Waals surface area contributed by atoms with Gasteiger partial charge in [0.05, 0.1) is 17.3 Å². The lowest BCUT2D eigenvalue weighted by molar-refractivity contribution is -0.140. The highest BCUT2D eigenvalue weighted by atomic mass is 16.2. The minimum atomic E-state index is -1.32. The molecule has 0 spiro atoms. The van der Waals surface area contributed by atoms with Crippen LogP contribution in [0.3, 0.4) is 0 Å². The van der Waals surface area contributed by atoms with Crippen LogP contribution in [0.4, 0.5) is 10.5 Å². The van der Waals surface area contributed by atoms with Crippen LogP contribution in [0, 0.1) is 16.7 Å². The molecule has 1 aliphatic heterocycles. The van der Waals surface area contributed by atoms with E-state index in [1.54, 1.807) is 12.1 Å². The zero-order chi connectivity index (χ0) is 14.2. The molecule has 4 amide bonds. The molecule has 1 aliphatic rings. The number of imide groups is 2. The molecule has 0 unspecified atom stereocenters. The molecule has 96 valence electrons. The van der Waals surface area contributed by atoms with Crippen LogP contribution in [-0.4, -0.2) is 17.8 Å². The summed E-state index contributed by atoms with van der Waals surface area (Å²) in [5, 5.41) is 11.0. The number of amides is 4. The first-order valence-corrected chi connectivity index (χ1v) is 5.58.